The van der Waals surface area contributed by atoms with Crippen LogP contribution in [0.3, 0.4) is 0 Å². The second-order valence-electron chi connectivity index (χ2n) is 7.86. The second kappa shape index (κ2) is 8.63. The summed E-state index contributed by atoms with van der Waals surface area (Å²) in [5.74, 6) is -1.83. The number of halogens is 2. The smallest absolute Gasteiger partial charge is 0.410 e. The maximum Gasteiger partial charge on any atom is 0.410 e. The van der Waals surface area contributed by atoms with Gasteiger partial charge in [0.15, 0.2) is 11.4 Å². The van der Waals surface area contributed by atoms with Crippen molar-refractivity contribution in [2.75, 3.05) is 13.1 Å². The molecular formula is C23H21BrClNO5. The van der Waals surface area contributed by atoms with Crippen molar-refractivity contribution in [3.8, 4) is 0 Å². The van der Waals surface area contributed by atoms with Gasteiger partial charge in [-0.2, -0.15) is 0 Å². The Morgan fingerprint density at radius 1 is 1.23 bits per heavy atom. The molecule has 1 atom stereocenters. The molecule has 0 N–H and O–H groups in total. The number of benzene rings is 2. The summed E-state index contributed by atoms with van der Waals surface area (Å²) >= 11 is 9.55. The third-order valence-corrected chi connectivity index (χ3v) is 7.09. The van der Waals surface area contributed by atoms with Crippen LogP contribution in [0.15, 0.2) is 46.9 Å². The Labute approximate surface area is 193 Å². The number of hydrogen-bond donors (Lipinski definition) is 0. The number of aryl methyl sites for hydroxylation is 1. The maximum absolute atomic E-state index is 13.3. The van der Waals surface area contributed by atoms with E-state index in [-0.39, 0.29) is 38.3 Å². The van der Waals surface area contributed by atoms with Gasteiger partial charge in [0.1, 0.15) is 12.5 Å². The van der Waals surface area contributed by atoms with Crippen molar-refractivity contribution in [1.29, 1.82) is 0 Å². The van der Waals surface area contributed by atoms with E-state index in [0.29, 0.717) is 15.1 Å². The number of piperidine rings is 1. The van der Waals surface area contributed by atoms with Gasteiger partial charge in [-0.05, 0) is 51.7 Å². The number of Topliss-reactive ketones (excluding diaryl/α,β-unsaturated/α-hetero) is 1. The largest absolute Gasteiger partial charge is 0.450 e. The fourth-order valence-electron chi connectivity index (χ4n) is 4.12. The zero-order valence-electron chi connectivity index (χ0n) is 16.9. The molecule has 0 aliphatic carbocycles. The van der Waals surface area contributed by atoms with Crippen molar-refractivity contribution < 1.29 is 23.9 Å². The fourth-order valence-corrected chi connectivity index (χ4v) is 4.75. The van der Waals surface area contributed by atoms with Gasteiger partial charge in [-0.3, -0.25) is 9.59 Å². The van der Waals surface area contributed by atoms with Gasteiger partial charge in [-0.1, -0.05) is 41.9 Å². The lowest BCUT2D eigenvalue weighted by atomic mass is 9.81. The summed E-state index contributed by atoms with van der Waals surface area (Å²) in [6.45, 7) is 2.56. The van der Waals surface area contributed by atoms with Crippen molar-refractivity contribution >= 4 is 45.4 Å². The highest BCUT2D eigenvalue weighted by atomic mass is 79.9. The van der Waals surface area contributed by atoms with Crippen LogP contribution in [0.2, 0.25) is 5.02 Å². The molecule has 2 saturated heterocycles. The quantitative estimate of drug-likeness (QED) is 0.442. The number of esters is 1. The molecule has 1 spiro atoms. The number of likely N-dealkylation sites (tertiary alicyclic amines) is 1. The molecule has 0 saturated carbocycles. The average Bonchev–Trinajstić information content (AvgIpc) is 2.99. The predicted octanol–water partition coefficient (Wildman–Crippen LogP) is 4.79. The number of nitrogens with zero attached hydrogens (tertiary/aromatic N) is 1. The van der Waals surface area contributed by atoms with Gasteiger partial charge in [0, 0.05) is 30.4 Å². The third-order valence-electron chi connectivity index (χ3n) is 5.90. The summed E-state index contributed by atoms with van der Waals surface area (Å²) < 4.78 is 11.7. The van der Waals surface area contributed by atoms with Crippen LogP contribution in [0, 0.1) is 6.92 Å². The van der Waals surface area contributed by atoms with Crippen LogP contribution in [0.5, 0.6) is 0 Å². The van der Waals surface area contributed by atoms with E-state index in [1.807, 2.05) is 37.3 Å². The first kappa shape index (κ1) is 21.8. The van der Waals surface area contributed by atoms with E-state index in [1.165, 1.54) is 0 Å². The molecule has 0 radical (unpaired) electrons. The molecule has 8 heteroatoms. The number of amides is 1. The molecule has 2 heterocycles. The topological polar surface area (TPSA) is 72.9 Å². The van der Waals surface area contributed by atoms with Crippen LogP contribution in [0.1, 0.15) is 35.4 Å². The minimum absolute atomic E-state index is 0.181. The lowest BCUT2D eigenvalue weighted by Gasteiger charge is -2.36. The molecule has 1 amide bonds. The van der Waals surface area contributed by atoms with E-state index in [2.05, 4.69) is 15.9 Å². The van der Waals surface area contributed by atoms with Gasteiger partial charge in [0.2, 0.25) is 0 Å². The Morgan fingerprint density at radius 3 is 2.58 bits per heavy atom. The van der Waals surface area contributed by atoms with Crippen molar-refractivity contribution in [3.05, 3.63) is 68.7 Å². The standard InChI is InChI=1S/C23H21BrClNO5/c1-14-11-17(24)18(25)12-16(14)19-20(27)23(31-21(19)28)7-9-26(10-8-23)22(29)30-13-15-5-3-2-4-6-15/h2-6,11-12,19H,7-10,13H2,1H3. The van der Waals surface area contributed by atoms with Gasteiger partial charge in [0.25, 0.3) is 0 Å². The molecule has 0 bridgehead atoms. The fraction of sp³-hybridized carbons (Fsp3) is 0.348. The normalized spacial score (nSPS) is 20.1. The molecule has 6 nitrogen and oxygen atoms in total. The predicted molar refractivity (Wildman–Crippen MR) is 118 cm³/mol. The van der Waals surface area contributed by atoms with Crippen molar-refractivity contribution in [1.82, 2.24) is 4.90 Å². The van der Waals surface area contributed by atoms with Gasteiger partial charge < -0.3 is 14.4 Å². The average molecular weight is 507 g/mol. The Kier molecular flexibility index (Phi) is 6.08. The van der Waals surface area contributed by atoms with Crippen LogP contribution < -0.4 is 0 Å². The van der Waals surface area contributed by atoms with Gasteiger partial charge in [-0.15, -0.1) is 0 Å². The summed E-state index contributed by atoms with van der Waals surface area (Å²) in [7, 11) is 0. The molecule has 0 aromatic heterocycles. The van der Waals surface area contributed by atoms with Crippen LogP contribution in [0.4, 0.5) is 4.79 Å². The van der Waals surface area contributed by atoms with Crippen LogP contribution >= 0.6 is 27.5 Å². The van der Waals surface area contributed by atoms with Gasteiger partial charge >= 0.3 is 12.1 Å². The lowest BCUT2D eigenvalue weighted by Crippen LogP contribution is -2.50. The zero-order valence-corrected chi connectivity index (χ0v) is 19.2. The van der Waals surface area contributed by atoms with Crippen LogP contribution in [0.25, 0.3) is 0 Å². The summed E-state index contributed by atoms with van der Waals surface area (Å²) in [6.07, 6.45) is 0.0536. The second-order valence-corrected chi connectivity index (χ2v) is 9.12. The van der Waals surface area contributed by atoms with Crippen LogP contribution in [-0.2, 0) is 25.7 Å². The Balaban J connectivity index is 1.42. The summed E-state index contributed by atoms with van der Waals surface area (Å²) in [5.41, 5.74) is 1.04. The molecular weight excluding hydrogens is 486 g/mol. The van der Waals surface area contributed by atoms with E-state index in [0.717, 1.165) is 11.1 Å². The van der Waals surface area contributed by atoms with E-state index >= 15 is 0 Å². The minimum atomic E-state index is -1.20. The number of rotatable bonds is 3. The Hall–Kier alpha value is -2.38. The van der Waals surface area contributed by atoms with Crippen molar-refractivity contribution in [2.24, 2.45) is 0 Å². The third kappa shape index (κ3) is 4.21. The molecule has 31 heavy (non-hydrogen) atoms. The molecule has 162 valence electrons. The number of ether oxygens (including phenoxy) is 2. The Bertz CT molecular complexity index is 1030. The summed E-state index contributed by atoms with van der Waals surface area (Å²) in [5, 5.41) is 0.429. The molecule has 2 aromatic rings. The number of hydrogen-bond acceptors (Lipinski definition) is 5. The Morgan fingerprint density at radius 2 is 1.90 bits per heavy atom. The molecule has 4 rings (SSSR count). The maximum atomic E-state index is 13.3. The highest BCUT2D eigenvalue weighted by Gasteiger charge is 2.57. The number of carbonyl (C=O) groups is 3. The highest BCUT2D eigenvalue weighted by molar-refractivity contribution is 9.10. The first-order valence-corrected chi connectivity index (χ1v) is 11.2. The van der Waals surface area contributed by atoms with Crippen molar-refractivity contribution in [3.63, 3.8) is 0 Å². The van der Waals surface area contributed by atoms with E-state index in [1.54, 1.807) is 17.0 Å². The molecule has 1 unspecified atom stereocenters. The first-order chi connectivity index (χ1) is 14.8. The zero-order chi connectivity index (χ0) is 22.2. The minimum Gasteiger partial charge on any atom is -0.450 e. The number of carbonyl (C=O) groups excluding carboxylic acids is 3. The van der Waals surface area contributed by atoms with Crippen LogP contribution in [-0.4, -0.2) is 41.4 Å². The molecule has 2 aliphatic rings. The molecule has 2 aromatic carbocycles. The highest BCUT2D eigenvalue weighted by Crippen LogP contribution is 2.43. The van der Waals surface area contributed by atoms with E-state index in [9.17, 15) is 14.4 Å². The summed E-state index contributed by atoms with van der Waals surface area (Å²) in [4.78, 5) is 39.9. The van der Waals surface area contributed by atoms with Gasteiger partial charge in [0.05, 0.1) is 5.02 Å². The monoisotopic (exact) mass is 505 g/mol. The first-order valence-electron chi connectivity index (χ1n) is 9.99. The van der Waals surface area contributed by atoms with Gasteiger partial charge in [-0.25, -0.2) is 4.79 Å². The molecule has 2 aliphatic heterocycles. The summed E-state index contributed by atoms with van der Waals surface area (Å²) in [6, 6.07) is 12.8. The lowest BCUT2D eigenvalue weighted by molar-refractivity contribution is -0.156. The SMILES string of the molecule is Cc1cc(Br)c(Cl)cc1C1C(=O)OC2(CCN(C(=O)OCc3ccccc3)CC2)C1=O. The van der Waals surface area contributed by atoms with Crippen molar-refractivity contribution in [2.45, 2.75) is 37.9 Å². The van der Waals surface area contributed by atoms with E-state index < -0.39 is 23.6 Å². The van der Waals surface area contributed by atoms with E-state index in [4.69, 9.17) is 21.1 Å². The number of ketones is 1. The molecule has 2 fully saturated rings.